The molecule has 1 unspecified atom stereocenters. The van der Waals surface area contributed by atoms with Gasteiger partial charge in [-0.05, 0) is 19.3 Å². The molecule has 0 amide bonds. The van der Waals surface area contributed by atoms with Crippen LogP contribution in [0.5, 0.6) is 0 Å². The van der Waals surface area contributed by atoms with Gasteiger partial charge in [-0.25, -0.2) is 0 Å². The SMILES string of the molecule is COCCOCCOC1C=CCCCCC1. The Morgan fingerprint density at radius 3 is 2.81 bits per heavy atom. The minimum absolute atomic E-state index is 0.298. The zero-order valence-electron chi connectivity index (χ0n) is 10.3. The fraction of sp³-hybridized carbons (Fsp3) is 0.846. The third-order valence-electron chi connectivity index (χ3n) is 2.70. The van der Waals surface area contributed by atoms with E-state index in [1.165, 1.54) is 25.7 Å². The second kappa shape index (κ2) is 9.82. The van der Waals surface area contributed by atoms with Crippen LogP contribution in [0.25, 0.3) is 0 Å². The summed E-state index contributed by atoms with van der Waals surface area (Å²) in [6, 6.07) is 0. The maximum atomic E-state index is 5.75. The van der Waals surface area contributed by atoms with Crippen LogP contribution in [0.2, 0.25) is 0 Å². The molecule has 94 valence electrons. The van der Waals surface area contributed by atoms with Gasteiger partial charge in [0.05, 0.1) is 32.5 Å². The van der Waals surface area contributed by atoms with Gasteiger partial charge in [0.15, 0.2) is 0 Å². The van der Waals surface area contributed by atoms with E-state index in [0.717, 1.165) is 6.42 Å². The number of ether oxygens (including phenoxy) is 3. The monoisotopic (exact) mass is 228 g/mol. The fourth-order valence-electron chi connectivity index (χ4n) is 1.77. The number of hydrogen-bond acceptors (Lipinski definition) is 3. The smallest absolute Gasteiger partial charge is 0.0757 e. The first-order valence-corrected chi connectivity index (χ1v) is 6.28. The molecule has 0 aromatic carbocycles. The van der Waals surface area contributed by atoms with Crippen molar-refractivity contribution in [3.8, 4) is 0 Å². The second-order valence-electron chi connectivity index (χ2n) is 4.08. The van der Waals surface area contributed by atoms with Crippen molar-refractivity contribution < 1.29 is 14.2 Å². The molecular formula is C13H24O3. The zero-order chi connectivity index (χ0) is 11.5. The van der Waals surface area contributed by atoms with Crippen LogP contribution in [0.4, 0.5) is 0 Å². The molecule has 1 aliphatic carbocycles. The zero-order valence-corrected chi connectivity index (χ0v) is 10.3. The van der Waals surface area contributed by atoms with Crippen LogP contribution in [0.3, 0.4) is 0 Å². The molecule has 0 spiro atoms. The Labute approximate surface area is 98.8 Å². The summed E-state index contributed by atoms with van der Waals surface area (Å²) in [7, 11) is 1.68. The molecule has 0 saturated carbocycles. The van der Waals surface area contributed by atoms with E-state index in [9.17, 15) is 0 Å². The summed E-state index contributed by atoms with van der Waals surface area (Å²) in [5.74, 6) is 0. The van der Waals surface area contributed by atoms with Crippen molar-refractivity contribution in [2.75, 3.05) is 33.5 Å². The Balaban J connectivity index is 1.99. The topological polar surface area (TPSA) is 27.7 Å². The molecule has 0 bridgehead atoms. The Hall–Kier alpha value is -0.380. The van der Waals surface area contributed by atoms with Gasteiger partial charge in [-0.15, -0.1) is 0 Å². The average Bonchev–Trinajstić information content (AvgIpc) is 2.25. The number of rotatable bonds is 7. The molecule has 3 nitrogen and oxygen atoms in total. The Morgan fingerprint density at radius 1 is 1.06 bits per heavy atom. The molecule has 0 aliphatic heterocycles. The van der Waals surface area contributed by atoms with Gasteiger partial charge in [0, 0.05) is 7.11 Å². The van der Waals surface area contributed by atoms with Crippen LogP contribution >= 0.6 is 0 Å². The molecule has 3 heteroatoms. The first-order valence-electron chi connectivity index (χ1n) is 6.28. The third kappa shape index (κ3) is 6.99. The highest BCUT2D eigenvalue weighted by Crippen LogP contribution is 2.13. The Morgan fingerprint density at radius 2 is 1.94 bits per heavy atom. The lowest BCUT2D eigenvalue weighted by atomic mass is 10.0. The summed E-state index contributed by atoms with van der Waals surface area (Å²) >= 11 is 0. The van der Waals surface area contributed by atoms with Gasteiger partial charge in [-0.1, -0.05) is 25.0 Å². The van der Waals surface area contributed by atoms with Crippen LogP contribution in [-0.4, -0.2) is 39.6 Å². The van der Waals surface area contributed by atoms with Crippen molar-refractivity contribution in [1.82, 2.24) is 0 Å². The molecule has 0 aromatic heterocycles. The van der Waals surface area contributed by atoms with Crippen molar-refractivity contribution in [2.45, 2.75) is 38.2 Å². The summed E-state index contributed by atoms with van der Waals surface area (Å²) in [6.45, 7) is 2.65. The van der Waals surface area contributed by atoms with Crippen LogP contribution in [0.1, 0.15) is 32.1 Å². The highest BCUT2D eigenvalue weighted by Gasteiger charge is 2.06. The Bertz CT molecular complexity index is 180. The molecule has 0 heterocycles. The quantitative estimate of drug-likeness (QED) is 0.495. The maximum Gasteiger partial charge on any atom is 0.0757 e. The fourth-order valence-corrected chi connectivity index (χ4v) is 1.77. The van der Waals surface area contributed by atoms with Gasteiger partial charge in [0.25, 0.3) is 0 Å². The van der Waals surface area contributed by atoms with E-state index in [1.54, 1.807) is 7.11 Å². The van der Waals surface area contributed by atoms with Crippen molar-refractivity contribution >= 4 is 0 Å². The molecule has 16 heavy (non-hydrogen) atoms. The van der Waals surface area contributed by atoms with Gasteiger partial charge < -0.3 is 14.2 Å². The predicted octanol–water partition coefficient (Wildman–Crippen LogP) is 2.55. The normalized spacial score (nSPS) is 21.7. The average molecular weight is 228 g/mol. The Kier molecular flexibility index (Phi) is 8.40. The summed E-state index contributed by atoms with van der Waals surface area (Å²) in [5.41, 5.74) is 0. The molecule has 1 aliphatic rings. The molecule has 0 fully saturated rings. The summed E-state index contributed by atoms with van der Waals surface area (Å²) in [5, 5.41) is 0. The van der Waals surface area contributed by atoms with Gasteiger partial charge in [-0.3, -0.25) is 0 Å². The number of hydrogen-bond donors (Lipinski definition) is 0. The van der Waals surface area contributed by atoms with Crippen LogP contribution in [0.15, 0.2) is 12.2 Å². The molecule has 0 saturated heterocycles. The summed E-state index contributed by atoms with van der Waals surface area (Å²) < 4.78 is 16.0. The summed E-state index contributed by atoms with van der Waals surface area (Å²) in [6.07, 6.45) is 11.0. The van der Waals surface area contributed by atoms with Crippen molar-refractivity contribution in [2.24, 2.45) is 0 Å². The first kappa shape index (κ1) is 13.7. The highest BCUT2D eigenvalue weighted by molar-refractivity contribution is 4.91. The van der Waals surface area contributed by atoms with E-state index >= 15 is 0 Å². The van der Waals surface area contributed by atoms with E-state index in [1.807, 2.05) is 0 Å². The third-order valence-corrected chi connectivity index (χ3v) is 2.70. The molecule has 0 N–H and O–H groups in total. The van der Waals surface area contributed by atoms with Crippen LogP contribution < -0.4 is 0 Å². The van der Waals surface area contributed by atoms with E-state index in [-0.39, 0.29) is 0 Å². The lowest BCUT2D eigenvalue weighted by Crippen LogP contribution is -2.16. The minimum atomic E-state index is 0.298. The molecular weight excluding hydrogens is 204 g/mol. The van der Waals surface area contributed by atoms with Gasteiger partial charge in [0.1, 0.15) is 0 Å². The molecule has 1 rings (SSSR count). The predicted molar refractivity (Wildman–Crippen MR) is 64.7 cm³/mol. The lowest BCUT2D eigenvalue weighted by Gasteiger charge is -2.16. The van der Waals surface area contributed by atoms with E-state index in [0.29, 0.717) is 32.5 Å². The minimum Gasteiger partial charge on any atom is -0.382 e. The standard InChI is InChI=1S/C13H24O3/c1-14-9-10-15-11-12-16-13-7-5-3-2-4-6-8-13/h5,7,13H,2-4,6,8-12H2,1H3. The number of methoxy groups -OCH3 is 1. The van der Waals surface area contributed by atoms with Crippen LogP contribution in [-0.2, 0) is 14.2 Å². The molecule has 1 atom stereocenters. The van der Waals surface area contributed by atoms with Gasteiger partial charge >= 0.3 is 0 Å². The van der Waals surface area contributed by atoms with Crippen molar-refractivity contribution in [3.05, 3.63) is 12.2 Å². The van der Waals surface area contributed by atoms with Crippen molar-refractivity contribution in [1.29, 1.82) is 0 Å². The first-order chi connectivity index (χ1) is 7.93. The summed E-state index contributed by atoms with van der Waals surface area (Å²) in [4.78, 5) is 0. The van der Waals surface area contributed by atoms with Gasteiger partial charge in [-0.2, -0.15) is 0 Å². The van der Waals surface area contributed by atoms with E-state index in [4.69, 9.17) is 14.2 Å². The second-order valence-corrected chi connectivity index (χ2v) is 4.08. The maximum absolute atomic E-state index is 5.75. The van der Waals surface area contributed by atoms with E-state index in [2.05, 4.69) is 12.2 Å². The van der Waals surface area contributed by atoms with Gasteiger partial charge in [0.2, 0.25) is 0 Å². The number of allylic oxidation sites excluding steroid dienone is 1. The highest BCUT2D eigenvalue weighted by atomic mass is 16.5. The van der Waals surface area contributed by atoms with Crippen LogP contribution in [0, 0.1) is 0 Å². The van der Waals surface area contributed by atoms with E-state index < -0.39 is 0 Å². The molecule has 0 radical (unpaired) electrons. The van der Waals surface area contributed by atoms with Crippen molar-refractivity contribution in [3.63, 3.8) is 0 Å². The lowest BCUT2D eigenvalue weighted by molar-refractivity contribution is 0.00495. The largest absolute Gasteiger partial charge is 0.382 e. The molecule has 0 aromatic rings.